The molecule has 0 saturated heterocycles. The van der Waals surface area contributed by atoms with Gasteiger partial charge in [-0.25, -0.2) is 9.79 Å². The average molecular weight is 423 g/mol. The van der Waals surface area contributed by atoms with Gasteiger partial charge in [0.15, 0.2) is 4.80 Å². The average Bonchev–Trinajstić information content (AvgIpc) is 3.24. The Morgan fingerprint density at radius 3 is 2.57 bits per heavy atom. The van der Waals surface area contributed by atoms with E-state index in [2.05, 4.69) is 4.99 Å². The number of benzene rings is 1. The summed E-state index contributed by atoms with van der Waals surface area (Å²) in [5.74, 6) is 0.915. The number of nitrogens with zero attached hydrogens (tertiary/aromatic N) is 2. The van der Waals surface area contributed by atoms with Gasteiger partial charge in [0.1, 0.15) is 11.5 Å². The summed E-state index contributed by atoms with van der Waals surface area (Å²) in [6, 6.07) is 10.9. The molecule has 0 amide bonds. The zero-order chi connectivity index (χ0) is 21.4. The van der Waals surface area contributed by atoms with Crippen LogP contribution in [0.1, 0.15) is 42.5 Å². The number of aryl methyl sites for hydroxylation is 2. The quantitative estimate of drug-likeness (QED) is 0.606. The van der Waals surface area contributed by atoms with Crippen LogP contribution in [-0.4, -0.2) is 17.1 Å². The zero-order valence-corrected chi connectivity index (χ0v) is 18.1. The molecule has 0 spiro atoms. The number of allylic oxidation sites excluding steroid dienone is 1. The number of carbonyl (C=O) groups excluding carboxylic acids is 1. The number of aromatic nitrogens is 1. The number of hydrogen-bond acceptors (Lipinski definition) is 6. The molecule has 2 aromatic heterocycles. The minimum Gasteiger partial charge on any atom is -0.463 e. The third-order valence-corrected chi connectivity index (χ3v) is 5.93. The standard InChI is InChI=1S/C23H22N2O4S/c1-5-28-22(27)19-15(4)24-23-25(20(19)16-9-6-13(2)7-10-16)21(26)18(30-23)12-17-11-8-14(3)29-17/h6-12,20H,5H2,1-4H3/b18-12-/t20-/m1/s1. The van der Waals surface area contributed by atoms with Gasteiger partial charge in [-0.1, -0.05) is 41.2 Å². The molecule has 1 aliphatic rings. The third-order valence-electron chi connectivity index (χ3n) is 4.94. The van der Waals surface area contributed by atoms with E-state index in [1.165, 1.54) is 11.3 Å². The van der Waals surface area contributed by atoms with E-state index in [1.54, 1.807) is 24.5 Å². The summed E-state index contributed by atoms with van der Waals surface area (Å²) in [5, 5.41) is 0. The normalized spacial score (nSPS) is 16.4. The second-order valence-corrected chi connectivity index (χ2v) is 8.17. The highest BCUT2D eigenvalue weighted by atomic mass is 32.1. The van der Waals surface area contributed by atoms with Crippen LogP contribution in [0.3, 0.4) is 0 Å². The molecule has 1 aliphatic heterocycles. The molecule has 0 fully saturated rings. The van der Waals surface area contributed by atoms with Crippen LogP contribution >= 0.6 is 11.3 Å². The van der Waals surface area contributed by atoms with Gasteiger partial charge in [-0.15, -0.1) is 0 Å². The third kappa shape index (κ3) is 3.57. The van der Waals surface area contributed by atoms with Crippen molar-refractivity contribution >= 4 is 23.4 Å². The zero-order valence-electron chi connectivity index (χ0n) is 17.3. The maximum atomic E-state index is 13.4. The number of thiazole rings is 1. The Bertz CT molecular complexity index is 1320. The molecule has 0 unspecified atom stereocenters. The first-order valence-corrected chi connectivity index (χ1v) is 10.5. The molecule has 4 rings (SSSR count). The molecule has 1 atom stereocenters. The van der Waals surface area contributed by atoms with E-state index in [4.69, 9.17) is 9.15 Å². The summed E-state index contributed by atoms with van der Waals surface area (Å²) in [5.41, 5.74) is 2.65. The first kappa shape index (κ1) is 20.1. The molecule has 6 nitrogen and oxygen atoms in total. The minimum atomic E-state index is -0.596. The lowest BCUT2D eigenvalue weighted by atomic mass is 9.95. The van der Waals surface area contributed by atoms with Gasteiger partial charge >= 0.3 is 5.97 Å². The van der Waals surface area contributed by atoms with Crippen LogP contribution in [-0.2, 0) is 9.53 Å². The lowest BCUT2D eigenvalue weighted by Gasteiger charge is -2.24. The predicted octanol–water partition coefficient (Wildman–Crippen LogP) is 3.01. The van der Waals surface area contributed by atoms with E-state index in [0.717, 1.165) is 16.9 Å². The highest BCUT2D eigenvalue weighted by Gasteiger charge is 2.33. The maximum Gasteiger partial charge on any atom is 0.338 e. The molecule has 154 valence electrons. The van der Waals surface area contributed by atoms with Gasteiger partial charge in [-0.2, -0.15) is 0 Å². The Morgan fingerprint density at radius 1 is 1.20 bits per heavy atom. The van der Waals surface area contributed by atoms with Crippen molar-refractivity contribution in [3.05, 3.63) is 90.0 Å². The Kier molecular flexibility index (Phi) is 5.30. The first-order valence-electron chi connectivity index (χ1n) is 9.71. The van der Waals surface area contributed by atoms with Crippen molar-refractivity contribution in [2.45, 2.75) is 33.7 Å². The van der Waals surface area contributed by atoms with Crippen LogP contribution in [0.25, 0.3) is 6.08 Å². The van der Waals surface area contributed by atoms with Crippen molar-refractivity contribution in [2.75, 3.05) is 6.61 Å². The summed E-state index contributed by atoms with van der Waals surface area (Å²) in [6.45, 7) is 7.63. The molecule has 3 aromatic rings. The molecule has 1 aromatic carbocycles. The van der Waals surface area contributed by atoms with Crippen molar-refractivity contribution in [1.82, 2.24) is 4.57 Å². The Labute approximate surface area is 177 Å². The molecule has 0 saturated carbocycles. The predicted molar refractivity (Wildman–Crippen MR) is 115 cm³/mol. The molecule has 0 radical (unpaired) electrons. The maximum absolute atomic E-state index is 13.4. The number of rotatable bonds is 4. The summed E-state index contributed by atoms with van der Waals surface area (Å²) in [6.07, 6.45) is 1.71. The van der Waals surface area contributed by atoms with Gasteiger partial charge in [0.25, 0.3) is 5.56 Å². The smallest absolute Gasteiger partial charge is 0.338 e. The number of esters is 1. The van der Waals surface area contributed by atoms with E-state index in [0.29, 0.717) is 26.4 Å². The van der Waals surface area contributed by atoms with Gasteiger partial charge in [-0.3, -0.25) is 9.36 Å². The van der Waals surface area contributed by atoms with Gasteiger partial charge < -0.3 is 9.15 Å². The van der Waals surface area contributed by atoms with Gasteiger partial charge in [0, 0.05) is 6.08 Å². The molecule has 3 heterocycles. The van der Waals surface area contributed by atoms with Crippen LogP contribution in [0, 0.1) is 13.8 Å². The number of fused-ring (bicyclic) bond motifs is 1. The van der Waals surface area contributed by atoms with Crippen molar-refractivity contribution in [1.29, 1.82) is 0 Å². The largest absolute Gasteiger partial charge is 0.463 e. The van der Waals surface area contributed by atoms with Gasteiger partial charge in [0.05, 0.1) is 28.5 Å². The number of carbonyl (C=O) groups is 1. The number of hydrogen-bond donors (Lipinski definition) is 0. The second-order valence-electron chi connectivity index (χ2n) is 7.16. The number of furan rings is 1. The monoisotopic (exact) mass is 422 g/mol. The van der Waals surface area contributed by atoms with Crippen LogP contribution in [0.4, 0.5) is 0 Å². The fourth-order valence-corrected chi connectivity index (χ4v) is 4.54. The van der Waals surface area contributed by atoms with Crippen LogP contribution in [0.2, 0.25) is 0 Å². The van der Waals surface area contributed by atoms with E-state index >= 15 is 0 Å². The fourth-order valence-electron chi connectivity index (χ4n) is 3.52. The Hall–Kier alpha value is -3.19. The minimum absolute atomic E-state index is 0.215. The van der Waals surface area contributed by atoms with Crippen LogP contribution in [0.5, 0.6) is 0 Å². The van der Waals surface area contributed by atoms with Crippen molar-refractivity contribution in [2.24, 2.45) is 4.99 Å². The van der Waals surface area contributed by atoms with Gasteiger partial charge in [-0.05, 0) is 45.4 Å². The molecule has 0 N–H and O–H groups in total. The second kappa shape index (κ2) is 7.91. The fraction of sp³-hybridized carbons (Fsp3) is 0.261. The Balaban J connectivity index is 1.96. The lowest BCUT2D eigenvalue weighted by molar-refractivity contribution is -0.139. The molecular weight excluding hydrogens is 400 g/mol. The SMILES string of the molecule is CCOC(=O)C1=C(C)N=c2s/c(=C\c3ccc(C)o3)c(=O)n2[C@@H]1c1ccc(C)cc1. The highest BCUT2D eigenvalue weighted by molar-refractivity contribution is 7.07. The molecule has 0 aliphatic carbocycles. The summed E-state index contributed by atoms with van der Waals surface area (Å²) < 4.78 is 13.0. The van der Waals surface area contributed by atoms with E-state index in [1.807, 2.05) is 50.2 Å². The highest BCUT2D eigenvalue weighted by Crippen LogP contribution is 2.30. The first-order chi connectivity index (χ1) is 14.4. The summed E-state index contributed by atoms with van der Waals surface area (Å²) in [4.78, 5) is 31.3. The lowest BCUT2D eigenvalue weighted by Crippen LogP contribution is -2.39. The molecule has 7 heteroatoms. The van der Waals surface area contributed by atoms with Crippen molar-refractivity contribution < 1.29 is 13.9 Å². The van der Waals surface area contributed by atoms with E-state index in [9.17, 15) is 9.59 Å². The summed E-state index contributed by atoms with van der Waals surface area (Å²) >= 11 is 1.28. The van der Waals surface area contributed by atoms with Crippen molar-refractivity contribution in [3.63, 3.8) is 0 Å². The molecule has 0 bridgehead atoms. The Morgan fingerprint density at radius 2 is 1.93 bits per heavy atom. The number of ether oxygens (including phenoxy) is 1. The van der Waals surface area contributed by atoms with E-state index < -0.39 is 12.0 Å². The van der Waals surface area contributed by atoms with Gasteiger partial charge in [0.2, 0.25) is 0 Å². The van der Waals surface area contributed by atoms with Crippen LogP contribution in [0.15, 0.2) is 61.9 Å². The molecular formula is C23H22N2O4S. The topological polar surface area (TPSA) is 73.8 Å². The van der Waals surface area contributed by atoms with Crippen molar-refractivity contribution in [3.8, 4) is 0 Å². The van der Waals surface area contributed by atoms with Crippen LogP contribution < -0.4 is 14.9 Å². The summed E-state index contributed by atoms with van der Waals surface area (Å²) in [7, 11) is 0. The van der Waals surface area contributed by atoms with E-state index in [-0.39, 0.29) is 12.2 Å². The molecule has 30 heavy (non-hydrogen) atoms.